The minimum Gasteiger partial charge on any atom is -0.385 e. The standard InChI is InChI=1S/C13H19N3O3/c1-9-13(18,4-7-19-9)8-15-11-12(17)16(6-5-14-11)10-2-3-10/h5-6,9-10,18H,2-4,7-8H2,1H3,(H,14,15). The third-order valence-electron chi connectivity index (χ3n) is 4.03. The molecule has 1 aromatic heterocycles. The van der Waals surface area contributed by atoms with Crippen LogP contribution in [0.1, 0.15) is 32.2 Å². The molecular weight excluding hydrogens is 246 g/mol. The zero-order valence-electron chi connectivity index (χ0n) is 11.0. The second-order valence-corrected chi connectivity index (χ2v) is 5.44. The van der Waals surface area contributed by atoms with Gasteiger partial charge in [-0.1, -0.05) is 0 Å². The molecule has 2 aliphatic rings. The number of nitrogens with one attached hydrogen (secondary N) is 1. The van der Waals surface area contributed by atoms with E-state index < -0.39 is 5.60 Å². The highest BCUT2D eigenvalue weighted by Gasteiger charge is 2.39. The number of anilines is 1. The third kappa shape index (κ3) is 2.37. The Hall–Kier alpha value is -1.40. The SMILES string of the molecule is CC1OCCC1(O)CNc1nccn(C2CC2)c1=O. The number of hydrogen-bond acceptors (Lipinski definition) is 5. The summed E-state index contributed by atoms with van der Waals surface area (Å²) in [4.78, 5) is 16.2. The first-order chi connectivity index (χ1) is 9.10. The summed E-state index contributed by atoms with van der Waals surface area (Å²) in [6.07, 6.45) is 5.80. The van der Waals surface area contributed by atoms with E-state index in [0.29, 0.717) is 24.9 Å². The number of aliphatic hydroxyl groups is 1. The Morgan fingerprint density at radius 3 is 3.05 bits per heavy atom. The second kappa shape index (κ2) is 4.61. The van der Waals surface area contributed by atoms with E-state index in [9.17, 15) is 9.90 Å². The summed E-state index contributed by atoms with van der Waals surface area (Å²) < 4.78 is 7.08. The van der Waals surface area contributed by atoms with Gasteiger partial charge >= 0.3 is 0 Å². The van der Waals surface area contributed by atoms with Gasteiger partial charge in [0.25, 0.3) is 5.56 Å². The topological polar surface area (TPSA) is 76.4 Å². The number of hydrogen-bond donors (Lipinski definition) is 2. The van der Waals surface area contributed by atoms with Gasteiger partial charge in [0.15, 0.2) is 5.82 Å². The van der Waals surface area contributed by atoms with E-state index in [4.69, 9.17) is 4.74 Å². The van der Waals surface area contributed by atoms with Crippen LogP contribution in [0, 0.1) is 0 Å². The van der Waals surface area contributed by atoms with Crippen molar-refractivity contribution in [1.82, 2.24) is 9.55 Å². The Balaban J connectivity index is 1.73. The predicted molar refractivity (Wildman–Crippen MR) is 70.2 cm³/mol. The molecular formula is C13H19N3O3. The van der Waals surface area contributed by atoms with Crippen LogP contribution < -0.4 is 10.9 Å². The van der Waals surface area contributed by atoms with Gasteiger partial charge in [0.2, 0.25) is 0 Å². The molecule has 2 heterocycles. The predicted octanol–water partition coefficient (Wildman–Crippen LogP) is 0.530. The third-order valence-corrected chi connectivity index (χ3v) is 4.03. The van der Waals surface area contributed by atoms with Crippen LogP contribution in [0.2, 0.25) is 0 Å². The normalized spacial score (nSPS) is 30.5. The molecule has 0 radical (unpaired) electrons. The van der Waals surface area contributed by atoms with E-state index in [1.54, 1.807) is 17.0 Å². The summed E-state index contributed by atoms with van der Waals surface area (Å²) in [6, 6.07) is 0.327. The molecule has 1 aliphatic carbocycles. The molecule has 104 valence electrons. The lowest BCUT2D eigenvalue weighted by Crippen LogP contribution is -2.44. The molecule has 6 heteroatoms. The van der Waals surface area contributed by atoms with Gasteiger partial charge in [-0.05, 0) is 19.8 Å². The smallest absolute Gasteiger partial charge is 0.293 e. The molecule has 3 rings (SSSR count). The summed E-state index contributed by atoms with van der Waals surface area (Å²) in [6.45, 7) is 2.68. The van der Waals surface area contributed by atoms with Crippen molar-refractivity contribution < 1.29 is 9.84 Å². The highest BCUT2D eigenvalue weighted by Crippen LogP contribution is 2.33. The van der Waals surface area contributed by atoms with Crippen molar-refractivity contribution in [2.75, 3.05) is 18.5 Å². The highest BCUT2D eigenvalue weighted by atomic mass is 16.5. The number of ether oxygens (including phenoxy) is 1. The van der Waals surface area contributed by atoms with Gasteiger partial charge in [-0.25, -0.2) is 4.98 Å². The molecule has 0 aromatic carbocycles. The lowest BCUT2D eigenvalue weighted by atomic mass is 9.97. The van der Waals surface area contributed by atoms with Crippen molar-refractivity contribution >= 4 is 5.82 Å². The van der Waals surface area contributed by atoms with Gasteiger partial charge in [-0.15, -0.1) is 0 Å². The maximum atomic E-state index is 12.2. The number of nitrogens with zero attached hydrogens (tertiary/aromatic N) is 2. The molecule has 2 unspecified atom stereocenters. The lowest BCUT2D eigenvalue weighted by Gasteiger charge is -2.26. The Kier molecular flexibility index (Phi) is 3.06. The fourth-order valence-electron chi connectivity index (χ4n) is 2.43. The van der Waals surface area contributed by atoms with Crippen LogP contribution in [0.3, 0.4) is 0 Å². The Morgan fingerprint density at radius 1 is 1.63 bits per heavy atom. The van der Waals surface area contributed by atoms with Gasteiger partial charge < -0.3 is 19.7 Å². The molecule has 1 saturated carbocycles. The van der Waals surface area contributed by atoms with Crippen LogP contribution in [0.4, 0.5) is 5.82 Å². The Labute approximate surface area is 111 Å². The van der Waals surface area contributed by atoms with Crippen molar-refractivity contribution in [2.45, 2.75) is 43.9 Å². The summed E-state index contributed by atoms with van der Waals surface area (Å²) in [5, 5.41) is 13.4. The van der Waals surface area contributed by atoms with Gasteiger partial charge in [0.05, 0.1) is 6.10 Å². The van der Waals surface area contributed by atoms with Crippen LogP contribution in [-0.2, 0) is 4.74 Å². The summed E-state index contributed by atoms with van der Waals surface area (Å²) in [7, 11) is 0. The maximum Gasteiger partial charge on any atom is 0.293 e. The molecule has 0 spiro atoms. The quantitative estimate of drug-likeness (QED) is 0.830. The monoisotopic (exact) mass is 265 g/mol. The molecule has 0 bridgehead atoms. The molecule has 2 N–H and O–H groups in total. The zero-order chi connectivity index (χ0) is 13.5. The molecule has 2 fully saturated rings. The van der Waals surface area contributed by atoms with Crippen molar-refractivity contribution in [1.29, 1.82) is 0 Å². The molecule has 19 heavy (non-hydrogen) atoms. The number of aromatic nitrogens is 2. The van der Waals surface area contributed by atoms with Crippen molar-refractivity contribution in [3.8, 4) is 0 Å². The van der Waals surface area contributed by atoms with Gasteiger partial charge in [-0.2, -0.15) is 0 Å². The van der Waals surface area contributed by atoms with Crippen LogP contribution in [0.25, 0.3) is 0 Å². The fraction of sp³-hybridized carbons (Fsp3) is 0.692. The zero-order valence-corrected chi connectivity index (χ0v) is 11.0. The fourth-order valence-corrected chi connectivity index (χ4v) is 2.43. The summed E-state index contributed by atoms with van der Waals surface area (Å²) in [5.41, 5.74) is -1.03. The molecule has 6 nitrogen and oxygen atoms in total. The minimum atomic E-state index is -0.922. The summed E-state index contributed by atoms with van der Waals surface area (Å²) in [5.74, 6) is 0.307. The molecule has 0 amide bonds. The Bertz CT molecular complexity index is 526. The molecule has 2 atom stereocenters. The van der Waals surface area contributed by atoms with Crippen LogP contribution in [0.15, 0.2) is 17.2 Å². The van der Waals surface area contributed by atoms with Crippen molar-refractivity contribution in [2.24, 2.45) is 0 Å². The highest BCUT2D eigenvalue weighted by molar-refractivity contribution is 5.32. The largest absolute Gasteiger partial charge is 0.385 e. The first-order valence-electron chi connectivity index (χ1n) is 6.75. The van der Waals surface area contributed by atoms with Crippen LogP contribution in [0.5, 0.6) is 0 Å². The van der Waals surface area contributed by atoms with Gasteiger partial charge in [0, 0.05) is 38.0 Å². The molecule has 1 aromatic rings. The van der Waals surface area contributed by atoms with E-state index in [-0.39, 0.29) is 18.2 Å². The first-order valence-corrected chi connectivity index (χ1v) is 6.75. The number of rotatable bonds is 4. The summed E-state index contributed by atoms with van der Waals surface area (Å²) >= 11 is 0. The van der Waals surface area contributed by atoms with Gasteiger partial charge in [0.1, 0.15) is 5.60 Å². The second-order valence-electron chi connectivity index (χ2n) is 5.44. The lowest BCUT2D eigenvalue weighted by molar-refractivity contribution is -0.0176. The maximum absolute atomic E-state index is 12.2. The van der Waals surface area contributed by atoms with Crippen LogP contribution >= 0.6 is 0 Å². The van der Waals surface area contributed by atoms with Crippen molar-refractivity contribution in [3.63, 3.8) is 0 Å². The van der Waals surface area contributed by atoms with E-state index >= 15 is 0 Å². The molecule has 1 aliphatic heterocycles. The first kappa shape index (κ1) is 12.6. The average molecular weight is 265 g/mol. The van der Waals surface area contributed by atoms with Gasteiger partial charge in [-0.3, -0.25) is 4.79 Å². The van der Waals surface area contributed by atoms with E-state index in [0.717, 1.165) is 12.8 Å². The van der Waals surface area contributed by atoms with E-state index in [1.807, 2.05) is 6.92 Å². The Morgan fingerprint density at radius 2 is 2.42 bits per heavy atom. The molecule has 1 saturated heterocycles. The van der Waals surface area contributed by atoms with E-state index in [2.05, 4.69) is 10.3 Å². The minimum absolute atomic E-state index is 0.111. The average Bonchev–Trinajstić information content (AvgIpc) is 3.17. The van der Waals surface area contributed by atoms with Crippen molar-refractivity contribution in [3.05, 3.63) is 22.7 Å². The van der Waals surface area contributed by atoms with Crippen LogP contribution in [-0.4, -0.2) is 39.5 Å². The van der Waals surface area contributed by atoms with E-state index in [1.165, 1.54) is 0 Å².